The quantitative estimate of drug-likeness (QED) is 0.867. The van der Waals surface area contributed by atoms with Crippen molar-refractivity contribution in [2.24, 2.45) is 5.73 Å². The van der Waals surface area contributed by atoms with E-state index in [1.165, 1.54) is 0 Å². The first-order valence-electron chi connectivity index (χ1n) is 6.39. The molecule has 0 spiro atoms. The Kier molecular flexibility index (Phi) is 5.40. The molecule has 2 rings (SSSR count). The second-order valence-electron chi connectivity index (χ2n) is 4.47. The van der Waals surface area contributed by atoms with Crippen LogP contribution in [0.4, 0.5) is 0 Å². The van der Waals surface area contributed by atoms with Gasteiger partial charge in [-0.15, -0.1) is 0 Å². The fraction of sp³-hybridized carbons (Fsp3) is 0.267. The van der Waals surface area contributed by atoms with Crippen molar-refractivity contribution in [3.63, 3.8) is 0 Å². The Balaban J connectivity index is 2.29. The first-order valence-corrected chi connectivity index (χ1v) is 7.56. The van der Waals surface area contributed by atoms with E-state index in [2.05, 4.69) is 20.9 Å². The number of halogens is 2. The Morgan fingerprint density at radius 2 is 2.00 bits per heavy atom. The molecule has 0 saturated carbocycles. The van der Waals surface area contributed by atoms with E-state index < -0.39 is 0 Å². The summed E-state index contributed by atoms with van der Waals surface area (Å²) < 4.78 is 6.95. The fourth-order valence-corrected chi connectivity index (χ4v) is 2.60. The predicted octanol–water partition coefficient (Wildman–Crippen LogP) is 4.35. The second kappa shape index (κ2) is 7.07. The molecule has 20 heavy (non-hydrogen) atoms. The molecule has 2 aromatic rings. The van der Waals surface area contributed by atoms with Crippen LogP contribution in [-0.2, 0) is 0 Å². The number of aromatic nitrogens is 1. The number of hydrogen-bond acceptors (Lipinski definition) is 3. The van der Waals surface area contributed by atoms with Crippen molar-refractivity contribution in [2.45, 2.75) is 25.5 Å². The van der Waals surface area contributed by atoms with Crippen LogP contribution in [-0.4, -0.2) is 11.0 Å². The number of nitrogens with zero attached hydrogens (tertiary/aromatic N) is 1. The molecule has 0 saturated heterocycles. The third-order valence-electron chi connectivity index (χ3n) is 3.04. The maximum absolute atomic E-state index is 6.20. The summed E-state index contributed by atoms with van der Waals surface area (Å²) in [6.45, 7) is 2.03. The van der Waals surface area contributed by atoms with E-state index in [4.69, 9.17) is 22.1 Å². The Morgan fingerprint density at radius 1 is 1.30 bits per heavy atom. The van der Waals surface area contributed by atoms with Crippen LogP contribution in [0.1, 0.15) is 25.0 Å². The number of hydrogen-bond donors (Lipinski definition) is 1. The lowest BCUT2D eigenvalue weighted by molar-refractivity contribution is 0.171. The van der Waals surface area contributed by atoms with Crippen LogP contribution in [0, 0.1) is 0 Å². The van der Waals surface area contributed by atoms with Crippen molar-refractivity contribution in [3.8, 4) is 5.75 Å². The van der Waals surface area contributed by atoms with E-state index in [0.717, 1.165) is 16.5 Å². The van der Waals surface area contributed by atoms with Crippen LogP contribution < -0.4 is 10.5 Å². The number of nitrogens with two attached hydrogens (primary N) is 1. The van der Waals surface area contributed by atoms with Crippen molar-refractivity contribution >= 4 is 27.5 Å². The molecular weight excluding hydrogens is 340 g/mol. The maximum atomic E-state index is 6.20. The molecule has 3 nitrogen and oxygen atoms in total. The molecule has 0 radical (unpaired) electrons. The molecule has 2 N–H and O–H groups in total. The van der Waals surface area contributed by atoms with Gasteiger partial charge in [-0.2, -0.15) is 0 Å². The van der Waals surface area contributed by atoms with Crippen molar-refractivity contribution in [3.05, 3.63) is 57.8 Å². The summed E-state index contributed by atoms with van der Waals surface area (Å²) in [6, 6.07) is 9.24. The van der Waals surface area contributed by atoms with Gasteiger partial charge in [0.2, 0.25) is 0 Å². The number of rotatable bonds is 5. The monoisotopic (exact) mass is 354 g/mol. The largest absolute Gasteiger partial charge is 0.483 e. The third kappa shape index (κ3) is 3.72. The summed E-state index contributed by atoms with van der Waals surface area (Å²) in [5.74, 6) is 0.626. The van der Waals surface area contributed by atoms with Crippen molar-refractivity contribution in [1.82, 2.24) is 4.98 Å². The highest BCUT2D eigenvalue weighted by atomic mass is 79.9. The van der Waals surface area contributed by atoms with Gasteiger partial charge < -0.3 is 10.5 Å². The first kappa shape index (κ1) is 15.3. The van der Waals surface area contributed by atoms with Crippen molar-refractivity contribution < 1.29 is 4.74 Å². The molecule has 0 aliphatic rings. The molecule has 0 amide bonds. The first-order chi connectivity index (χ1) is 9.61. The normalized spacial score (nSPS) is 13.8. The number of ether oxygens (including phenoxy) is 1. The average Bonchev–Trinajstić information content (AvgIpc) is 2.46. The van der Waals surface area contributed by atoms with Gasteiger partial charge in [0.15, 0.2) is 0 Å². The predicted molar refractivity (Wildman–Crippen MR) is 85.0 cm³/mol. The zero-order valence-electron chi connectivity index (χ0n) is 11.1. The van der Waals surface area contributed by atoms with Crippen molar-refractivity contribution in [2.75, 3.05) is 0 Å². The lowest BCUT2D eigenvalue weighted by Crippen LogP contribution is -2.31. The van der Waals surface area contributed by atoms with E-state index in [1.54, 1.807) is 18.5 Å². The van der Waals surface area contributed by atoms with E-state index in [-0.39, 0.29) is 12.1 Å². The second-order valence-corrected chi connectivity index (χ2v) is 5.79. The molecule has 0 aliphatic heterocycles. The summed E-state index contributed by atoms with van der Waals surface area (Å²) in [5.41, 5.74) is 7.17. The number of pyridine rings is 1. The third-order valence-corrected chi connectivity index (χ3v) is 3.83. The van der Waals surface area contributed by atoms with Gasteiger partial charge in [0.05, 0.1) is 5.02 Å². The van der Waals surface area contributed by atoms with Crippen molar-refractivity contribution in [1.29, 1.82) is 0 Å². The lowest BCUT2D eigenvalue weighted by Gasteiger charge is -2.25. The standard InChI is InChI=1S/C15H16BrClN2O/c1-2-13(18)15(10-5-7-19-8-6-10)20-14-4-3-11(16)9-12(14)17/h3-9,13,15H,2,18H2,1H3. The van der Waals surface area contributed by atoms with E-state index >= 15 is 0 Å². The minimum Gasteiger partial charge on any atom is -0.483 e. The molecule has 2 unspecified atom stereocenters. The van der Waals surface area contributed by atoms with Gasteiger partial charge in [0.1, 0.15) is 11.9 Å². The summed E-state index contributed by atoms with van der Waals surface area (Å²) >= 11 is 9.58. The van der Waals surface area contributed by atoms with Gasteiger partial charge in [-0.05, 0) is 42.3 Å². The van der Waals surface area contributed by atoms with Gasteiger partial charge in [-0.25, -0.2) is 0 Å². The topological polar surface area (TPSA) is 48.1 Å². The van der Waals surface area contributed by atoms with Crippen LogP contribution in [0.25, 0.3) is 0 Å². The molecule has 1 aromatic heterocycles. The lowest BCUT2D eigenvalue weighted by atomic mass is 10.0. The van der Waals surface area contributed by atoms with Crippen LogP contribution in [0.15, 0.2) is 47.2 Å². The van der Waals surface area contributed by atoms with Gasteiger partial charge in [-0.1, -0.05) is 34.5 Å². The Hall–Kier alpha value is -1.10. The Morgan fingerprint density at radius 3 is 2.60 bits per heavy atom. The SMILES string of the molecule is CCC(N)C(Oc1ccc(Br)cc1Cl)c1ccncc1. The molecule has 1 aromatic carbocycles. The molecule has 2 atom stereocenters. The number of benzene rings is 1. The molecule has 0 bridgehead atoms. The molecule has 5 heteroatoms. The highest BCUT2D eigenvalue weighted by Gasteiger charge is 2.21. The average molecular weight is 356 g/mol. The fourth-order valence-electron chi connectivity index (χ4n) is 1.88. The maximum Gasteiger partial charge on any atom is 0.139 e. The molecule has 0 aliphatic carbocycles. The Bertz CT molecular complexity index is 565. The van der Waals surface area contributed by atoms with E-state index in [0.29, 0.717) is 10.8 Å². The minimum atomic E-state index is -0.248. The summed E-state index contributed by atoms with van der Waals surface area (Å²) in [5, 5.41) is 0.557. The molecular formula is C15H16BrClN2O. The molecule has 0 fully saturated rings. The van der Waals surface area contributed by atoms with Gasteiger partial charge in [-0.3, -0.25) is 4.98 Å². The zero-order valence-corrected chi connectivity index (χ0v) is 13.4. The summed E-state index contributed by atoms with van der Waals surface area (Å²) in [7, 11) is 0. The zero-order chi connectivity index (χ0) is 14.5. The summed E-state index contributed by atoms with van der Waals surface area (Å²) in [4.78, 5) is 4.02. The smallest absolute Gasteiger partial charge is 0.139 e. The van der Waals surface area contributed by atoms with E-state index in [9.17, 15) is 0 Å². The highest BCUT2D eigenvalue weighted by Crippen LogP contribution is 2.32. The van der Waals surface area contributed by atoms with Crippen LogP contribution in [0.3, 0.4) is 0 Å². The van der Waals surface area contributed by atoms with Crippen LogP contribution >= 0.6 is 27.5 Å². The van der Waals surface area contributed by atoms with Gasteiger partial charge in [0, 0.05) is 22.9 Å². The van der Waals surface area contributed by atoms with Gasteiger partial charge >= 0.3 is 0 Å². The molecule has 106 valence electrons. The minimum absolute atomic E-state index is 0.114. The highest BCUT2D eigenvalue weighted by molar-refractivity contribution is 9.10. The van der Waals surface area contributed by atoms with Crippen LogP contribution in [0.2, 0.25) is 5.02 Å². The summed E-state index contributed by atoms with van der Waals surface area (Å²) in [6.07, 6.45) is 4.03. The van der Waals surface area contributed by atoms with Gasteiger partial charge in [0.25, 0.3) is 0 Å². The van der Waals surface area contributed by atoms with Crippen LogP contribution in [0.5, 0.6) is 5.75 Å². The Labute approximate surface area is 132 Å². The molecule has 1 heterocycles. The van der Waals surface area contributed by atoms with E-state index in [1.807, 2.05) is 31.2 Å².